The van der Waals surface area contributed by atoms with Gasteiger partial charge in [0.15, 0.2) is 0 Å². The van der Waals surface area contributed by atoms with E-state index in [1.54, 1.807) is 0 Å². The third-order valence-electron chi connectivity index (χ3n) is 4.86. The van der Waals surface area contributed by atoms with Crippen LogP contribution in [-0.4, -0.2) is 5.97 Å². The highest BCUT2D eigenvalue weighted by Crippen LogP contribution is 2.23. The second-order valence-corrected chi connectivity index (χ2v) is 7.26. The van der Waals surface area contributed by atoms with Crippen LogP contribution in [0.2, 0.25) is 0 Å². The van der Waals surface area contributed by atoms with Crippen LogP contribution in [0.25, 0.3) is 0 Å². The number of benzene rings is 1. The van der Waals surface area contributed by atoms with Gasteiger partial charge in [-0.3, -0.25) is 4.79 Å². The van der Waals surface area contributed by atoms with Crippen LogP contribution in [-0.2, 0) is 4.79 Å². The molecule has 25 heavy (non-hydrogen) atoms. The summed E-state index contributed by atoms with van der Waals surface area (Å²) < 4.78 is 5.49. The summed E-state index contributed by atoms with van der Waals surface area (Å²) in [7, 11) is 0. The summed E-state index contributed by atoms with van der Waals surface area (Å²) >= 11 is 0. The molecule has 0 radical (unpaired) electrons. The second kappa shape index (κ2) is 15.0. The largest absolute Gasteiger partial charge is 0.427 e. The minimum absolute atomic E-state index is 0.0716. The van der Waals surface area contributed by atoms with Crippen LogP contribution in [0.15, 0.2) is 30.3 Å². The van der Waals surface area contributed by atoms with Crippen LogP contribution in [0.4, 0.5) is 0 Å². The number of carbonyl (C=O) groups excluding carboxylic acids is 1. The molecule has 2 nitrogen and oxygen atoms in total. The zero-order valence-electron chi connectivity index (χ0n) is 16.5. The number of hydrogen-bond donors (Lipinski definition) is 0. The van der Waals surface area contributed by atoms with E-state index in [4.69, 9.17) is 4.74 Å². The molecule has 0 fully saturated rings. The maximum atomic E-state index is 12.3. The molecule has 1 rings (SSSR count). The van der Waals surface area contributed by atoms with Crippen molar-refractivity contribution in [2.45, 2.75) is 97.3 Å². The first kappa shape index (κ1) is 21.7. The number of hydrogen-bond acceptors (Lipinski definition) is 2. The van der Waals surface area contributed by atoms with E-state index in [0.717, 1.165) is 0 Å². The minimum Gasteiger partial charge on any atom is -0.427 e. The van der Waals surface area contributed by atoms with E-state index < -0.39 is 0 Å². The quantitative estimate of drug-likeness (QED) is 0.189. The molecule has 0 aliphatic rings. The molecule has 1 aromatic rings. The summed E-state index contributed by atoms with van der Waals surface area (Å²) in [4.78, 5) is 12.3. The molecule has 1 atom stereocenters. The summed E-state index contributed by atoms with van der Waals surface area (Å²) in [5.41, 5.74) is 0. The molecule has 0 aliphatic heterocycles. The first-order valence-corrected chi connectivity index (χ1v) is 10.5. The van der Waals surface area contributed by atoms with E-state index in [9.17, 15) is 4.79 Å². The Morgan fingerprint density at radius 2 is 1.32 bits per heavy atom. The Morgan fingerprint density at radius 1 is 0.800 bits per heavy atom. The summed E-state index contributed by atoms with van der Waals surface area (Å²) in [6.07, 6.45) is 15.9. The molecule has 0 saturated heterocycles. The van der Waals surface area contributed by atoms with Crippen molar-refractivity contribution in [3.63, 3.8) is 0 Å². The monoisotopic (exact) mass is 346 g/mol. The molecular formula is C23H38O2. The number of ether oxygens (including phenoxy) is 1. The SMILES string of the molecule is CCCCCCCCC(CCCCCC)CC(=O)Oc1ccccc1. The Morgan fingerprint density at radius 3 is 1.92 bits per heavy atom. The molecule has 0 aliphatic carbocycles. The van der Waals surface area contributed by atoms with Gasteiger partial charge in [-0.05, 0) is 30.9 Å². The summed E-state index contributed by atoms with van der Waals surface area (Å²) in [6.45, 7) is 4.50. The van der Waals surface area contributed by atoms with Gasteiger partial charge in [0.2, 0.25) is 0 Å². The van der Waals surface area contributed by atoms with Gasteiger partial charge in [0.1, 0.15) is 5.75 Å². The van der Waals surface area contributed by atoms with E-state index in [1.807, 2.05) is 30.3 Å². The number of unbranched alkanes of at least 4 members (excludes halogenated alkanes) is 8. The lowest BCUT2D eigenvalue weighted by molar-refractivity contribution is -0.135. The predicted molar refractivity (Wildman–Crippen MR) is 107 cm³/mol. The molecule has 0 N–H and O–H groups in total. The lowest BCUT2D eigenvalue weighted by atomic mass is 9.91. The van der Waals surface area contributed by atoms with Crippen LogP contribution in [0.5, 0.6) is 5.75 Å². The smallest absolute Gasteiger partial charge is 0.311 e. The van der Waals surface area contributed by atoms with Crippen molar-refractivity contribution >= 4 is 5.97 Å². The Balaban J connectivity index is 2.33. The highest BCUT2D eigenvalue weighted by atomic mass is 16.5. The standard InChI is InChI=1S/C23H38O2/c1-3-5-7-9-10-13-17-21(16-12-8-6-4-2)20-23(24)25-22-18-14-11-15-19-22/h11,14-15,18-19,21H,3-10,12-13,16-17,20H2,1-2H3. The number of esters is 1. The lowest BCUT2D eigenvalue weighted by Gasteiger charge is -2.16. The van der Waals surface area contributed by atoms with Crippen LogP contribution in [0.3, 0.4) is 0 Å². The summed E-state index contributed by atoms with van der Waals surface area (Å²) in [5, 5.41) is 0. The van der Waals surface area contributed by atoms with Gasteiger partial charge in [0.05, 0.1) is 0 Å². The maximum absolute atomic E-state index is 12.3. The molecule has 0 heterocycles. The van der Waals surface area contributed by atoms with Crippen molar-refractivity contribution in [2.24, 2.45) is 5.92 Å². The molecule has 0 aromatic heterocycles. The zero-order chi connectivity index (χ0) is 18.2. The van der Waals surface area contributed by atoms with Crippen molar-refractivity contribution < 1.29 is 9.53 Å². The summed E-state index contributed by atoms with van der Waals surface area (Å²) in [5.74, 6) is 1.08. The lowest BCUT2D eigenvalue weighted by Crippen LogP contribution is -2.14. The number of rotatable bonds is 15. The molecule has 142 valence electrons. The highest BCUT2D eigenvalue weighted by Gasteiger charge is 2.15. The molecule has 0 amide bonds. The fourth-order valence-corrected chi connectivity index (χ4v) is 3.32. The van der Waals surface area contributed by atoms with E-state index in [2.05, 4.69) is 13.8 Å². The van der Waals surface area contributed by atoms with E-state index in [1.165, 1.54) is 77.0 Å². The Bertz CT molecular complexity index is 427. The Kier molecular flexibility index (Phi) is 13.0. The topological polar surface area (TPSA) is 26.3 Å². The van der Waals surface area contributed by atoms with Crippen LogP contribution < -0.4 is 4.74 Å². The molecule has 1 unspecified atom stereocenters. The van der Waals surface area contributed by atoms with Gasteiger partial charge < -0.3 is 4.74 Å². The van der Waals surface area contributed by atoms with Crippen molar-refractivity contribution in [1.29, 1.82) is 0 Å². The first-order chi connectivity index (χ1) is 12.3. The molecule has 1 aromatic carbocycles. The predicted octanol–water partition coefficient (Wildman–Crippen LogP) is 7.32. The van der Waals surface area contributed by atoms with Crippen LogP contribution >= 0.6 is 0 Å². The van der Waals surface area contributed by atoms with Gasteiger partial charge >= 0.3 is 5.97 Å². The normalized spacial score (nSPS) is 12.1. The maximum Gasteiger partial charge on any atom is 0.311 e. The molecule has 2 heteroatoms. The Labute approximate surface area is 155 Å². The van der Waals surface area contributed by atoms with Gasteiger partial charge in [-0.15, -0.1) is 0 Å². The Hall–Kier alpha value is -1.31. The van der Waals surface area contributed by atoms with Gasteiger partial charge in [-0.25, -0.2) is 0 Å². The van der Waals surface area contributed by atoms with Crippen LogP contribution in [0.1, 0.15) is 97.3 Å². The summed E-state index contributed by atoms with van der Waals surface area (Å²) in [6, 6.07) is 9.44. The van der Waals surface area contributed by atoms with E-state index >= 15 is 0 Å². The van der Waals surface area contributed by atoms with Crippen molar-refractivity contribution in [1.82, 2.24) is 0 Å². The van der Waals surface area contributed by atoms with Crippen molar-refractivity contribution in [3.05, 3.63) is 30.3 Å². The van der Waals surface area contributed by atoms with E-state index in [0.29, 0.717) is 18.1 Å². The van der Waals surface area contributed by atoms with Gasteiger partial charge in [-0.1, -0.05) is 96.3 Å². The number of para-hydroxylation sites is 1. The van der Waals surface area contributed by atoms with Gasteiger partial charge in [0.25, 0.3) is 0 Å². The number of carbonyl (C=O) groups is 1. The van der Waals surface area contributed by atoms with Gasteiger partial charge in [0, 0.05) is 6.42 Å². The fraction of sp³-hybridized carbons (Fsp3) is 0.696. The average Bonchev–Trinajstić information content (AvgIpc) is 2.62. The first-order valence-electron chi connectivity index (χ1n) is 10.5. The second-order valence-electron chi connectivity index (χ2n) is 7.26. The third-order valence-corrected chi connectivity index (χ3v) is 4.86. The fourth-order valence-electron chi connectivity index (χ4n) is 3.32. The third kappa shape index (κ3) is 11.8. The zero-order valence-corrected chi connectivity index (χ0v) is 16.5. The highest BCUT2D eigenvalue weighted by molar-refractivity contribution is 5.72. The van der Waals surface area contributed by atoms with Crippen LogP contribution in [0, 0.1) is 5.92 Å². The minimum atomic E-state index is -0.0716. The molecule has 0 bridgehead atoms. The molecule has 0 saturated carbocycles. The van der Waals surface area contributed by atoms with Crippen molar-refractivity contribution in [2.75, 3.05) is 0 Å². The average molecular weight is 347 g/mol. The molecular weight excluding hydrogens is 308 g/mol. The molecule has 0 spiro atoms. The van der Waals surface area contributed by atoms with Crippen molar-refractivity contribution in [3.8, 4) is 5.75 Å². The van der Waals surface area contributed by atoms with Gasteiger partial charge in [-0.2, -0.15) is 0 Å². The van der Waals surface area contributed by atoms with E-state index in [-0.39, 0.29) is 5.97 Å².